The highest BCUT2D eigenvalue weighted by Crippen LogP contribution is 2.13. The van der Waals surface area contributed by atoms with Crippen molar-refractivity contribution in [3.63, 3.8) is 0 Å². The molecule has 1 atom stereocenters. The second kappa shape index (κ2) is 5.84. The van der Waals surface area contributed by atoms with Gasteiger partial charge in [-0.15, -0.1) is 0 Å². The Balaban J connectivity index is 1.82. The number of hydrogen-bond acceptors (Lipinski definition) is 5. The topological polar surface area (TPSA) is 60.7 Å². The van der Waals surface area contributed by atoms with E-state index in [-0.39, 0.29) is 11.9 Å². The maximum absolute atomic E-state index is 11.2. The third kappa shape index (κ3) is 3.31. The van der Waals surface area contributed by atoms with Gasteiger partial charge in [-0.3, -0.25) is 0 Å². The highest BCUT2D eigenvalue weighted by Gasteiger charge is 2.15. The summed E-state index contributed by atoms with van der Waals surface area (Å²) in [4.78, 5) is 11.2. The Kier molecular flexibility index (Phi) is 4.17. The maximum Gasteiger partial charge on any atom is 0.373 e. The summed E-state index contributed by atoms with van der Waals surface area (Å²) in [5, 5.41) is 3.27. The molecule has 2 heterocycles. The van der Waals surface area contributed by atoms with Crippen molar-refractivity contribution in [2.45, 2.75) is 25.6 Å². The molecule has 1 aromatic heterocycles. The molecule has 0 aliphatic carbocycles. The van der Waals surface area contributed by atoms with E-state index in [0.29, 0.717) is 12.4 Å². The first-order valence-corrected chi connectivity index (χ1v) is 5.79. The Hall–Kier alpha value is -1.33. The largest absolute Gasteiger partial charge is 0.463 e. The number of carbonyl (C=O) groups excluding carboxylic acids is 1. The van der Waals surface area contributed by atoms with Crippen molar-refractivity contribution in [3.8, 4) is 0 Å². The van der Waals surface area contributed by atoms with Crippen LogP contribution >= 0.6 is 0 Å². The minimum Gasteiger partial charge on any atom is -0.463 e. The van der Waals surface area contributed by atoms with Gasteiger partial charge in [0.1, 0.15) is 12.4 Å². The molecule has 1 fully saturated rings. The van der Waals surface area contributed by atoms with Crippen molar-refractivity contribution >= 4 is 5.97 Å². The molecule has 5 nitrogen and oxygen atoms in total. The Bertz CT molecular complexity index is 368. The minimum atomic E-state index is -0.462. The van der Waals surface area contributed by atoms with Gasteiger partial charge in [-0.1, -0.05) is 0 Å². The van der Waals surface area contributed by atoms with E-state index in [1.54, 1.807) is 12.1 Å². The highest BCUT2D eigenvalue weighted by atomic mass is 16.5. The second-order valence-electron chi connectivity index (χ2n) is 4.04. The number of rotatable bonds is 4. The van der Waals surface area contributed by atoms with Crippen molar-refractivity contribution in [1.82, 2.24) is 5.32 Å². The minimum absolute atomic E-state index is 0.216. The molecule has 5 heteroatoms. The van der Waals surface area contributed by atoms with Crippen LogP contribution in [0.15, 0.2) is 16.5 Å². The van der Waals surface area contributed by atoms with Crippen LogP contribution < -0.4 is 5.32 Å². The molecule has 94 valence electrons. The van der Waals surface area contributed by atoms with Crippen LogP contribution in [0.3, 0.4) is 0 Å². The Morgan fingerprint density at radius 2 is 2.47 bits per heavy atom. The molecule has 1 saturated heterocycles. The fraction of sp³-hybridized carbons (Fsp3) is 0.583. The first-order chi connectivity index (χ1) is 8.29. The Morgan fingerprint density at radius 1 is 1.59 bits per heavy atom. The fourth-order valence-corrected chi connectivity index (χ4v) is 1.83. The lowest BCUT2D eigenvalue weighted by Crippen LogP contribution is -2.35. The first kappa shape index (κ1) is 12.1. The smallest absolute Gasteiger partial charge is 0.373 e. The molecule has 1 unspecified atom stereocenters. The van der Waals surface area contributed by atoms with Crippen LogP contribution in [0.2, 0.25) is 0 Å². The molecule has 1 N–H and O–H groups in total. The second-order valence-corrected chi connectivity index (χ2v) is 4.04. The van der Waals surface area contributed by atoms with E-state index in [1.165, 1.54) is 7.11 Å². The lowest BCUT2D eigenvalue weighted by Gasteiger charge is -2.22. The van der Waals surface area contributed by atoms with E-state index in [2.05, 4.69) is 10.1 Å². The van der Waals surface area contributed by atoms with Crippen molar-refractivity contribution in [2.75, 3.05) is 20.2 Å². The molecule has 0 radical (unpaired) electrons. The van der Waals surface area contributed by atoms with Gasteiger partial charge < -0.3 is 19.2 Å². The van der Waals surface area contributed by atoms with Crippen LogP contribution in [0.5, 0.6) is 0 Å². The summed E-state index contributed by atoms with van der Waals surface area (Å²) in [5.74, 6) is 0.402. The van der Waals surface area contributed by atoms with Crippen molar-refractivity contribution in [1.29, 1.82) is 0 Å². The molecule has 17 heavy (non-hydrogen) atoms. The van der Waals surface area contributed by atoms with E-state index in [9.17, 15) is 4.79 Å². The van der Waals surface area contributed by atoms with Gasteiger partial charge in [0.05, 0.1) is 13.2 Å². The van der Waals surface area contributed by atoms with Crippen LogP contribution in [0.4, 0.5) is 0 Å². The number of carbonyl (C=O) groups is 1. The molecule has 0 amide bonds. The van der Waals surface area contributed by atoms with Gasteiger partial charge in [-0.25, -0.2) is 4.79 Å². The summed E-state index contributed by atoms with van der Waals surface area (Å²) in [6, 6.07) is 3.34. The van der Waals surface area contributed by atoms with Gasteiger partial charge in [-0.2, -0.15) is 0 Å². The number of esters is 1. The van der Waals surface area contributed by atoms with E-state index >= 15 is 0 Å². The van der Waals surface area contributed by atoms with Gasteiger partial charge >= 0.3 is 5.97 Å². The molecule has 2 rings (SSSR count). The molecule has 1 aliphatic rings. The summed E-state index contributed by atoms with van der Waals surface area (Å²) >= 11 is 0. The third-order valence-corrected chi connectivity index (χ3v) is 2.76. The lowest BCUT2D eigenvalue weighted by molar-refractivity contribution is 0.0158. The molecule has 1 aliphatic heterocycles. The molecular formula is C12H17NO4. The number of ether oxygens (including phenoxy) is 2. The monoisotopic (exact) mass is 239 g/mol. The zero-order chi connectivity index (χ0) is 12.1. The SMILES string of the molecule is COC(=O)c1ccc(COC2CCCNC2)o1. The van der Waals surface area contributed by atoms with Crippen LogP contribution in [-0.2, 0) is 16.1 Å². The van der Waals surface area contributed by atoms with E-state index < -0.39 is 5.97 Å². The lowest BCUT2D eigenvalue weighted by atomic mass is 10.1. The quantitative estimate of drug-likeness (QED) is 0.803. The van der Waals surface area contributed by atoms with Crippen molar-refractivity contribution in [3.05, 3.63) is 23.7 Å². The molecule has 0 saturated carbocycles. The predicted octanol–water partition coefficient (Wildman–Crippen LogP) is 1.33. The molecule has 1 aromatic rings. The molecule has 0 bridgehead atoms. The maximum atomic E-state index is 11.2. The summed E-state index contributed by atoms with van der Waals surface area (Å²) in [7, 11) is 1.33. The summed E-state index contributed by atoms with van der Waals surface area (Å²) in [5.41, 5.74) is 0. The van der Waals surface area contributed by atoms with Crippen LogP contribution in [0.1, 0.15) is 29.2 Å². The van der Waals surface area contributed by atoms with Gasteiger partial charge in [-0.05, 0) is 31.5 Å². The number of methoxy groups -OCH3 is 1. The summed E-state index contributed by atoms with van der Waals surface area (Å²) in [6.45, 7) is 2.33. The van der Waals surface area contributed by atoms with Gasteiger partial charge in [0.15, 0.2) is 0 Å². The zero-order valence-electron chi connectivity index (χ0n) is 9.90. The third-order valence-electron chi connectivity index (χ3n) is 2.76. The van der Waals surface area contributed by atoms with Crippen LogP contribution in [0.25, 0.3) is 0 Å². The zero-order valence-corrected chi connectivity index (χ0v) is 9.90. The molecule has 0 aromatic carbocycles. The average Bonchev–Trinajstić information content (AvgIpc) is 2.85. The van der Waals surface area contributed by atoms with E-state index in [0.717, 1.165) is 25.9 Å². The fourth-order valence-electron chi connectivity index (χ4n) is 1.83. The Labute approximate surface area is 100 Å². The number of hydrogen-bond donors (Lipinski definition) is 1. The van der Waals surface area contributed by atoms with Gasteiger partial charge in [0.2, 0.25) is 5.76 Å². The number of furan rings is 1. The van der Waals surface area contributed by atoms with E-state index in [4.69, 9.17) is 9.15 Å². The van der Waals surface area contributed by atoms with Gasteiger partial charge in [0, 0.05) is 6.54 Å². The van der Waals surface area contributed by atoms with Crippen molar-refractivity contribution < 1.29 is 18.7 Å². The number of piperidine rings is 1. The normalized spacial score (nSPS) is 20.2. The van der Waals surface area contributed by atoms with Crippen LogP contribution in [0, 0.1) is 0 Å². The van der Waals surface area contributed by atoms with Crippen molar-refractivity contribution in [2.24, 2.45) is 0 Å². The predicted molar refractivity (Wildman–Crippen MR) is 60.7 cm³/mol. The van der Waals surface area contributed by atoms with Gasteiger partial charge in [0.25, 0.3) is 0 Å². The molecule has 0 spiro atoms. The van der Waals surface area contributed by atoms with Crippen LogP contribution in [-0.4, -0.2) is 32.3 Å². The Morgan fingerprint density at radius 3 is 3.18 bits per heavy atom. The standard InChI is InChI=1S/C12H17NO4/c1-15-12(14)11-5-4-10(17-11)8-16-9-3-2-6-13-7-9/h4-5,9,13H,2-3,6-8H2,1H3. The first-order valence-electron chi connectivity index (χ1n) is 5.79. The molecular weight excluding hydrogens is 222 g/mol. The average molecular weight is 239 g/mol. The summed E-state index contributed by atoms with van der Waals surface area (Å²) in [6.07, 6.45) is 2.43. The summed E-state index contributed by atoms with van der Waals surface area (Å²) < 4.78 is 15.6. The number of nitrogens with one attached hydrogen (secondary N) is 1. The highest BCUT2D eigenvalue weighted by molar-refractivity contribution is 5.86. The van der Waals surface area contributed by atoms with E-state index in [1.807, 2.05) is 0 Å².